The van der Waals surface area contributed by atoms with Crippen molar-refractivity contribution in [1.82, 2.24) is 15.0 Å². The molecule has 0 aliphatic carbocycles. The molecule has 0 bridgehead atoms. The van der Waals surface area contributed by atoms with Gasteiger partial charge < -0.3 is 4.57 Å². The number of aryl methyl sites for hydroxylation is 1. The van der Waals surface area contributed by atoms with E-state index in [1.165, 1.54) is 0 Å². The quantitative estimate of drug-likeness (QED) is 0.445. The highest BCUT2D eigenvalue weighted by Gasteiger charge is 2.24. The van der Waals surface area contributed by atoms with Crippen LogP contribution in [0.15, 0.2) is 12.4 Å². The number of nitrogens with zero attached hydrogens (tertiary/aromatic N) is 2. The Morgan fingerprint density at radius 2 is 2.31 bits per heavy atom. The third-order valence-electron chi connectivity index (χ3n) is 2.56. The number of aromatic nitrogens is 2. The second-order valence-corrected chi connectivity index (χ2v) is 4.20. The van der Waals surface area contributed by atoms with Gasteiger partial charge in [0.25, 0.3) is 5.91 Å². The van der Waals surface area contributed by atoms with Gasteiger partial charge >= 0.3 is 0 Å². The second kappa shape index (κ2) is 5.65. The minimum atomic E-state index is -0.283. The lowest BCUT2D eigenvalue weighted by Crippen LogP contribution is -2.39. The van der Waals surface area contributed by atoms with Crippen molar-refractivity contribution in [2.45, 2.75) is 39.7 Å². The van der Waals surface area contributed by atoms with Gasteiger partial charge in [0.2, 0.25) is 0 Å². The maximum Gasteiger partial charge on any atom is 0.257 e. The zero-order valence-corrected chi connectivity index (χ0v) is 10.1. The Morgan fingerprint density at radius 3 is 2.81 bits per heavy atom. The van der Waals surface area contributed by atoms with E-state index in [4.69, 9.17) is 5.84 Å². The lowest BCUT2D eigenvalue weighted by Gasteiger charge is -2.22. The van der Waals surface area contributed by atoms with E-state index in [0.29, 0.717) is 0 Å². The highest BCUT2D eigenvalue weighted by atomic mass is 16.2. The van der Waals surface area contributed by atoms with Crippen LogP contribution in [0.1, 0.15) is 39.1 Å². The summed E-state index contributed by atoms with van der Waals surface area (Å²) < 4.78 is 1.91. The molecule has 1 aromatic rings. The zero-order valence-electron chi connectivity index (χ0n) is 10.1. The highest BCUT2D eigenvalue weighted by molar-refractivity contribution is 5.80. The maximum absolute atomic E-state index is 11.7. The van der Waals surface area contributed by atoms with E-state index in [0.717, 1.165) is 18.7 Å². The first-order chi connectivity index (χ1) is 7.61. The first kappa shape index (κ1) is 12.7. The van der Waals surface area contributed by atoms with E-state index in [1.807, 2.05) is 24.6 Å². The molecule has 0 saturated carbocycles. The molecular formula is C11H20N4O. The summed E-state index contributed by atoms with van der Waals surface area (Å²) in [5, 5.41) is 0. The van der Waals surface area contributed by atoms with Crippen molar-refractivity contribution in [2.24, 2.45) is 11.8 Å². The lowest BCUT2D eigenvalue weighted by molar-refractivity contribution is -0.125. The van der Waals surface area contributed by atoms with Crippen molar-refractivity contribution < 1.29 is 4.79 Å². The number of nitrogens with two attached hydrogens (primary N) is 1. The first-order valence-electron chi connectivity index (χ1n) is 5.64. The molecule has 0 aliphatic rings. The predicted octanol–water partition coefficient (Wildman–Crippen LogP) is 1.02. The number of hydrogen-bond acceptors (Lipinski definition) is 3. The van der Waals surface area contributed by atoms with Crippen molar-refractivity contribution in [3.8, 4) is 0 Å². The SMILES string of the molecule is CCCc1nccn1C(C(=O)NN)C(C)C. The van der Waals surface area contributed by atoms with Crippen molar-refractivity contribution in [3.05, 3.63) is 18.2 Å². The van der Waals surface area contributed by atoms with Gasteiger partial charge in [-0.25, -0.2) is 10.8 Å². The lowest BCUT2D eigenvalue weighted by atomic mass is 10.0. The van der Waals surface area contributed by atoms with E-state index >= 15 is 0 Å². The van der Waals surface area contributed by atoms with E-state index < -0.39 is 0 Å². The molecule has 16 heavy (non-hydrogen) atoms. The Bertz CT molecular complexity index is 346. The van der Waals surface area contributed by atoms with Gasteiger partial charge in [-0.2, -0.15) is 0 Å². The zero-order chi connectivity index (χ0) is 12.1. The molecule has 0 aliphatic heterocycles. The molecule has 1 heterocycles. The predicted molar refractivity (Wildman–Crippen MR) is 62.4 cm³/mol. The third-order valence-corrected chi connectivity index (χ3v) is 2.56. The summed E-state index contributed by atoms with van der Waals surface area (Å²) in [6, 6.07) is -0.283. The summed E-state index contributed by atoms with van der Waals surface area (Å²) in [6.45, 7) is 6.08. The van der Waals surface area contributed by atoms with Crippen molar-refractivity contribution in [1.29, 1.82) is 0 Å². The number of carbonyl (C=O) groups excluding carboxylic acids is 1. The van der Waals surface area contributed by atoms with Crippen LogP contribution in [-0.2, 0) is 11.2 Å². The molecule has 1 unspecified atom stereocenters. The molecular weight excluding hydrogens is 204 g/mol. The fourth-order valence-corrected chi connectivity index (χ4v) is 1.85. The molecule has 0 spiro atoms. The minimum Gasteiger partial charge on any atom is -0.322 e. The molecule has 1 atom stereocenters. The Morgan fingerprint density at radius 1 is 1.62 bits per heavy atom. The van der Waals surface area contributed by atoms with Gasteiger partial charge in [-0.1, -0.05) is 20.8 Å². The van der Waals surface area contributed by atoms with Crippen molar-refractivity contribution >= 4 is 5.91 Å². The second-order valence-electron chi connectivity index (χ2n) is 4.20. The number of carbonyl (C=O) groups is 1. The standard InChI is InChI=1S/C11H20N4O/c1-4-5-9-13-6-7-15(9)10(8(2)3)11(16)14-12/h6-8,10H,4-5,12H2,1-3H3,(H,14,16). The van der Waals surface area contributed by atoms with Crippen LogP contribution in [0.3, 0.4) is 0 Å². The molecule has 0 saturated heterocycles. The summed E-state index contributed by atoms with van der Waals surface area (Å²) in [5.74, 6) is 6.14. The van der Waals surface area contributed by atoms with Gasteiger partial charge in [-0.15, -0.1) is 0 Å². The molecule has 5 heteroatoms. The van der Waals surface area contributed by atoms with Crippen LogP contribution in [0.4, 0.5) is 0 Å². The third kappa shape index (κ3) is 2.61. The normalized spacial score (nSPS) is 12.8. The minimum absolute atomic E-state index is 0.174. The molecule has 1 rings (SSSR count). The van der Waals surface area contributed by atoms with E-state index in [1.54, 1.807) is 6.20 Å². The van der Waals surface area contributed by atoms with Crippen LogP contribution in [0.25, 0.3) is 0 Å². The number of hydrogen-bond donors (Lipinski definition) is 2. The average Bonchev–Trinajstić information content (AvgIpc) is 2.66. The molecule has 1 amide bonds. The van der Waals surface area contributed by atoms with Crippen LogP contribution in [0, 0.1) is 5.92 Å². The van der Waals surface area contributed by atoms with Crippen LogP contribution in [0.5, 0.6) is 0 Å². The van der Waals surface area contributed by atoms with Crippen LogP contribution in [-0.4, -0.2) is 15.5 Å². The molecule has 3 N–H and O–H groups in total. The summed E-state index contributed by atoms with van der Waals surface area (Å²) in [6.07, 6.45) is 5.44. The average molecular weight is 224 g/mol. The summed E-state index contributed by atoms with van der Waals surface area (Å²) in [4.78, 5) is 16.0. The Kier molecular flexibility index (Phi) is 4.49. The van der Waals surface area contributed by atoms with Gasteiger partial charge in [-0.3, -0.25) is 10.2 Å². The number of amides is 1. The Hall–Kier alpha value is -1.36. The summed E-state index contributed by atoms with van der Waals surface area (Å²) in [7, 11) is 0. The number of rotatable bonds is 5. The fraction of sp³-hybridized carbons (Fsp3) is 0.636. The van der Waals surface area contributed by atoms with Gasteiger partial charge in [0.15, 0.2) is 0 Å². The van der Waals surface area contributed by atoms with Gasteiger partial charge in [0.1, 0.15) is 11.9 Å². The van der Waals surface area contributed by atoms with Gasteiger partial charge in [0, 0.05) is 18.8 Å². The van der Waals surface area contributed by atoms with Gasteiger partial charge in [0.05, 0.1) is 0 Å². The smallest absolute Gasteiger partial charge is 0.257 e. The van der Waals surface area contributed by atoms with Crippen LogP contribution in [0.2, 0.25) is 0 Å². The number of hydrazine groups is 1. The van der Waals surface area contributed by atoms with Crippen LogP contribution < -0.4 is 11.3 Å². The monoisotopic (exact) mass is 224 g/mol. The molecule has 5 nitrogen and oxygen atoms in total. The van der Waals surface area contributed by atoms with Crippen molar-refractivity contribution in [2.75, 3.05) is 0 Å². The van der Waals surface area contributed by atoms with Gasteiger partial charge in [-0.05, 0) is 12.3 Å². The molecule has 0 aromatic carbocycles. The Labute approximate surface area is 96.0 Å². The molecule has 90 valence electrons. The number of imidazole rings is 1. The Balaban J connectivity index is 3.01. The number of nitrogens with one attached hydrogen (secondary N) is 1. The largest absolute Gasteiger partial charge is 0.322 e. The first-order valence-corrected chi connectivity index (χ1v) is 5.64. The highest BCUT2D eigenvalue weighted by Crippen LogP contribution is 2.20. The van der Waals surface area contributed by atoms with Crippen molar-refractivity contribution in [3.63, 3.8) is 0 Å². The van der Waals surface area contributed by atoms with E-state index in [2.05, 4.69) is 17.3 Å². The summed E-state index contributed by atoms with van der Waals surface area (Å²) in [5.41, 5.74) is 2.22. The van der Waals surface area contributed by atoms with E-state index in [-0.39, 0.29) is 17.9 Å². The molecule has 0 radical (unpaired) electrons. The summed E-state index contributed by atoms with van der Waals surface area (Å²) >= 11 is 0. The maximum atomic E-state index is 11.7. The fourth-order valence-electron chi connectivity index (χ4n) is 1.85. The molecule has 1 aromatic heterocycles. The molecule has 0 fully saturated rings. The topological polar surface area (TPSA) is 72.9 Å². The van der Waals surface area contributed by atoms with E-state index in [9.17, 15) is 4.79 Å². The van der Waals surface area contributed by atoms with Crippen LogP contribution >= 0.6 is 0 Å².